The van der Waals surface area contributed by atoms with E-state index in [9.17, 15) is 30.4 Å². The third-order valence-electron chi connectivity index (χ3n) is 9.02. The molecule has 0 bridgehead atoms. The number of hydrogen-bond donors (Lipinski definition) is 4. The molecule has 0 amide bonds. The number of phenols is 2. The van der Waals surface area contributed by atoms with E-state index in [0.717, 1.165) is 30.7 Å². The van der Waals surface area contributed by atoms with Crippen molar-refractivity contribution in [1.29, 1.82) is 0 Å². The summed E-state index contributed by atoms with van der Waals surface area (Å²) in [5.41, 5.74) is 4.62. The lowest BCUT2D eigenvalue weighted by molar-refractivity contribution is -0.385. The Bertz CT molecular complexity index is 2360. The van der Waals surface area contributed by atoms with Crippen LogP contribution in [0, 0.1) is 27.2 Å². The monoisotopic (exact) mass is 944 g/mol. The van der Waals surface area contributed by atoms with Gasteiger partial charge in [-0.1, -0.05) is 113 Å². The van der Waals surface area contributed by atoms with Gasteiger partial charge in [0.2, 0.25) is 0 Å². The van der Waals surface area contributed by atoms with Crippen molar-refractivity contribution in [2.45, 2.75) is 66.3 Å². The molecule has 4 N–H and O–H groups in total. The lowest BCUT2D eigenvalue weighted by atomic mass is 10.1. The predicted octanol–water partition coefficient (Wildman–Crippen LogP) is 14.8. The quantitative estimate of drug-likeness (QED) is 0.0472. The molecule has 0 radical (unpaired) electrons. The van der Waals surface area contributed by atoms with Crippen molar-refractivity contribution in [3.8, 4) is 11.5 Å². The number of benzene rings is 6. The summed E-state index contributed by atoms with van der Waals surface area (Å²) in [6.07, 6.45) is 1.17. The second-order valence-corrected chi connectivity index (χ2v) is 17.3. The number of hydrogen-bond acceptors (Lipinski definition) is 10. The standard InChI is InChI=1S/C22H20Cl2N2O3S.C21H17Cl3N2O3S/c1-3-17-18(23)11-19(22(27)21(17)24)25-12-14-10-15(26(28)29)6-9-20(14)30-16-7-4-13(2)5-8-16;1-2-16-17(23)10-18(21(27)20(16)24)25-11-12-9-14(26(28)29)5-8-19(12)30-15-6-3-13(22)4-7-15/h4-11,25,27H,3,12H2,1-2H3;3-10,25,27H,2,11H2,1H3. The Hall–Kier alpha value is -4.53. The molecule has 10 nitrogen and oxygen atoms in total. The number of aromatic hydroxyl groups is 2. The van der Waals surface area contributed by atoms with Gasteiger partial charge in [0.05, 0.1) is 31.3 Å². The van der Waals surface area contributed by atoms with Gasteiger partial charge >= 0.3 is 0 Å². The van der Waals surface area contributed by atoms with Crippen LogP contribution >= 0.6 is 81.5 Å². The van der Waals surface area contributed by atoms with E-state index in [-0.39, 0.29) is 46.0 Å². The number of nitro benzene ring substituents is 2. The van der Waals surface area contributed by atoms with E-state index in [1.54, 1.807) is 36.4 Å². The van der Waals surface area contributed by atoms with Crippen LogP contribution in [0.1, 0.15) is 41.7 Å². The van der Waals surface area contributed by atoms with E-state index in [0.29, 0.717) is 56.0 Å². The minimum atomic E-state index is -0.443. The van der Waals surface area contributed by atoms with Crippen LogP contribution in [0.3, 0.4) is 0 Å². The summed E-state index contributed by atoms with van der Waals surface area (Å²) in [6.45, 7) is 6.29. The van der Waals surface area contributed by atoms with Crippen molar-refractivity contribution in [2.24, 2.45) is 0 Å². The molecule has 0 saturated heterocycles. The SMILES string of the molecule is CCc1c(Cl)cc(NCc2cc([N+](=O)[O-])ccc2Sc2ccc(C)cc2)c(O)c1Cl.CCc1c(Cl)cc(NCc2cc([N+](=O)[O-])ccc2Sc2ccc(Cl)cc2)c(O)c1Cl. The predicted molar refractivity (Wildman–Crippen MR) is 247 cm³/mol. The molecule has 0 aliphatic rings. The minimum Gasteiger partial charge on any atom is -0.504 e. The van der Waals surface area contributed by atoms with Gasteiger partial charge in [-0.3, -0.25) is 20.2 Å². The molecular formula is C43H37Cl5N4O6S2. The molecule has 17 heteroatoms. The van der Waals surface area contributed by atoms with Gasteiger partial charge in [0.15, 0.2) is 11.5 Å². The Labute approximate surface area is 380 Å². The Morgan fingerprint density at radius 2 is 0.967 bits per heavy atom. The first-order valence-corrected chi connectivity index (χ1v) is 21.7. The highest BCUT2D eigenvalue weighted by Crippen LogP contribution is 2.42. The molecule has 60 heavy (non-hydrogen) atoms. The van der Waals surface area contributed by atoms with Crippen LogP contribution in [0.25, 0.3) is 0 Å². The van der Waals surface area contributed by atoms with E-state index in [4.69, 9.17) is 58.0 Å². The van der Waals surface area contributed by atoms with Gasteiger partial charge in [0, 0.05) is 72.0 Å². The van der Waals surface area contributed by atoms with Gasteiger partial charge in [0.25, 0.3) is 11.4 Å². The normalized spacial score (nSPS) is 10.8. The summed E-state index contributed by atoms with van der Waals surface area (Å²) < 4.78 is 0. The van der Waals surface area contributed by atoms with E-state index in [1.807, 2.05) is 57.2 Å². The molecule has 312 valence electrons. The highest BCUT2D eigenvalue weighted by Gasteiger charge is 2.18. The van der Waals surface area contributed by atoms with Crippen LogP contribution in [-0.4, -0.2) is 20.1 Å². The fourth-order valence-corrected chi connectivity index (χ4v) is 9.21. The number of anilines is 2. The first kappa shape index (κ1) is 46.5. The molecule has 0 spiro atoms. The number of aryl methyl sites for hydroxylation is 1. The zero-order valence-electron chi connectivity index (χ0n) is 32.2. The van der Waals surface area contributed by atoms with Gasteiger partial charge in [-0.25, -0.2) is 0 Å². The number of nitro groups is 2. The molecule has 6 rings (SSSR count). The largest absolute Gasteiger partial charge is 0.504 e. The van der Waals surface area contributed by atoms with Crippen LogP contribution in [0.15, 0.2) is 117 Å². The number of rotatable bonds is 14. The number of nitrogens with zero attached hydrogens (tertiary/aromatic N) is 2. The summed E-state index contributed by atoms with van der Waals surface area (Å²) in [7, 11) is 0. The molecule has 0 fully saturated rings. The van der Waals surface area contributed by atoms with Crippen LogP contribution in [-0.2, 0) is 25.9 Å². The zero-order valence-corrected chi connectivity index (χ0v) is 37.6. The summed E-state index contributed by atoms with van der Waals surface area (Å²) in [4.78, 5) is 25.3. The number of halogens is 5. The highest BCUT2D eigenvalue weighted by molar-refractivity contribution is 7.99. The van der Waals surface area contributed by atoms with Crippen molar-refractivity contribution >= 4 is 104 Å². The Balaban J connectivity index is 0.000000228. The molecule has 0 aliphatic carbocycles. The average Bonchev–Trinajstić information content (AvgIpc) is 3.22. The topological polar surface area (TPSA) is 151 Å². The molecule has 0 saturated carbocycles. The highest BCUT2D eigenvalue weighted by atomic mass is 35.5. The molecule has 0 heterocycles. The summed E-state index contributed by atoms with van der Waals surface area (Å²) >= 11 is 33.9. The van der Waals surface area contributed by atoms with Crippen LogP contribution < -0.4 is 10.6 Å². The molecule has 0 aliphatic heterocycles. The third-order valence-corrected chi connectivity index (χ3v) is 13.0. The lowest BCUT2D eigenvalue weighted by Crippen LogP contribution is -2.03. The van der Waals surface area contributed by atoms with Crippen molar-refractivity contribution in [1.82, 2.24) is 0 Å². The zero-order chi connectivity index (χ0) is 43.7. The second-order valence-electron chi connectivity index (χ2n) is 13.1. The van der Waals surface area contributed by atoms with Crippen molar-refractivity contribution < 1.29 is 20.1 Å². The molecule has 0 atom stereocenters. The summed E-state index contributed by atoms with van der Waals surface area (Å²) in [5, 5.41) is 51.4. The fraction of sp³-hybridized carbons (Fsp3) is 0.163. The van der Waals surface area contributed by atoms with Gasteiger partial charge in [0.1, 0.15) is 0 Å². The van der Waals surface area contributed by atoms with Crippen molar-refractivity contribution in [3.63, 3.8) is 0 Å². The molecule has 6 aromatic carbocycles. The summed E-state index contributed by atoms with van der Waals surface area (Å²) in [6, 6.07) is 28.0. The first-order chi connectivity index (χ1) is 28.6. The Kier molecular flexibility index (Phi) is 16.5. The van der Waals surface area contributed by atoms with Crippen molar-refractivity contribution in [2.75, 3.05) is 10.6 Å². The average molecular weight is 947 g/mol. The van der Waals surface area contributed by atoms with E-state index in [1.165, 1.54) is 47.8 Å². The van der Waals surface area contributed by atoms with Gasteiger partial charge in [-0.2, -0.15) is 0 Å². The maximum Gasteiger partial charge on any atom is 0.269 e. The van der Waals surface area contributed by atoms with Crippen LogP contribution in [0.4, 0.5) is 22.7 Å². The molecule has 0 aromatic heterocycles. The minimum absolute atomic E-state index is 0.00155. The molecular weight excluding hydrogens is 910 g/mol. The Morgan fingerprint density at radius 1 is 0.583 bits per heavy atom. The number of nitrogens with one attached hydrogen (secondary N) is 2. The number of phenolic OH excluding ortho intramolecular Hbond substituents is 2. The van der Waals surface area contributed by atoms with Crippen molar-refractivity contribution in [3.05, 3.63) is 170 Å². The number of non-ortho nitro benzene ring substituents is 2. The smallest absolute Gasteiger partial charge is 0.269 e. The summed E-state index contributed by atoms with van der Waals surface area (Å²) in [5.74, 6) is -0.189. The Morgan fingerprint density at radius 3 is 1.33 bits per heavy atom. The van der Waals surface area contributed by atoms with Gasteiger partial charge < -0.3 is 20.8 Å². The molecule has 6 aromatic rings. The second kappa shape index (κ2) is 21.3. The fourth-order valence-electron chi connectivity index (χ4n) is 5.79. The van der Waals surface area contributed by atoms with Crippen LogP contribution in [0.2, 0.25) is 25.1 Å². The first-order valence-electron chi connectivity index (χ1n) is 18.2. The van der Waals surface area contributed by atoms with E-state index in [2.05, 4.69) is 10.6 Å². The van der Waals surface area contributed by atoms with E-state index >= 15 is 0 Å². The molecule has 0 unspecified atom stereocenters. The van der Waals surface area contributed by atoms with Crippen LogP contribution in [0.5, 0.6) is 11.5 Å². The van der Waals surface area contributed by atoms with E-state index < -0.39 is 9.85 Å². The third kappa shape index (κ3) is 11.8. The maximum atomic E-state index is 11.3. The maximum absolute atomic E-state index is 11.3. The lowest BCUT2D eigenvalue weighted by Gasteiger charge is -2.15. The van der Waals surface area contributed by atoms with Gasteiger partial charge in [-0.15, -0.1) is 0 Å². The van der Waals surface area contributed by atoms with Gasteiger partial charge in [-0.05, 0) is 103 Å².